The fourth-order valence-electron chi connectivity index (χ4n) is 4.21. The maximum atomic E-state index is 13.3. The third-order valence-electron chi connectivity index (χ3n) is 6.04. The second-order valence-corrected chi connectivity index (χ2v) is 9.50. The van der Waals surface area contributed by atoms with Crippen molar-refractivity contribution in [3.63, 3.8) is 0 Å². The topological polar surface area (TPSA) is 114 Å². The Hall–Kier alpha value is -4.70. The van der Waals surface area contributed by atoms with Crippen molar-refractivity contribution in [1.29, 1.82) is 0 Å². The summed E-state index contributed by atoms with van der Waals surface area (Å²) < 4.78 is 6.70. The van der Waals surface area contributed by atoms with Crippen LogP contribution in [0.2, 0.25) is 0 Å². The summed E-state index contributed by atoms with van der Waals surface area (Å²) in [7, 11) is 0. The Morgan fingerprint density at radius 1 is 1.03 bits per heavy atom. The second-order valence-electron chi connectivity index (χ2n) is 8.51. The van der Waals surface area contributed by atoms with Crippen molar-refractivity contribution in [3.05, 3.63) is 99.4 Å². The van der Waals surface area contributed by atoms with Gasteiger partial charge in [0, 0.05) is 35.9 Å². The first-order valence-corrected chi connectivity index (χ1v) is 13.0. The lowest BCUT2D eigenvalue weighted by Gasteiger charge is -2.14. The number of aliphatic imine (C=N–C) groups is 1. The predicted molar refractivity (Wildman–Crippen MR) is 152 cm³/mol. The molecule has 0 unspecified atom stereocenters. The molecule has 0 spiro atoms. The molecule has 0 aliphatic carbocycles. The van der Waals surface area contributed by atoms with E-state index in [1.807, 2.05) is 6.92 Å². The van der Waals surface area contributed by atoms with Crippen LogP contribution in [0.1, 0.15) is 18.1 Å². The lowest BCUT2D eigenvalue weighted by atomic mass is 10.1. The lowest BCUT2D eigenvalue weighted by molar-refractivity contribution is -0.122. The number of hydrogen-bond acceptors (Lipinski definition) is 8. The minimum Gasteiger partial charge on any atom is -0.494 e. The van der Waals surface area contributed by atoms with Gasteiger partial charge in [0.1, 0.15) is 5.75 Å². The predicted octanol–water partition coefficient (Wildman–Crippen LogP) is 4.65. The summed E-state index contributed by atoms with van der Waals surface area (Å²) in [5.41, 5.74) is 1.18. The molecule has 196 valence electrons. The van der Waals surface area contributed by atoms with E-state index < -0.39 is 0 Å². The van der Waals surface area contributed by atoms with Crippen LogP contribution in [-0.4, -0.2) is 56.6 Å². The molecule has 1 saturated heterocycles. The molecule has 1 aliphatic heterocycles. The van der Waals surface area contributed by atoms with E-state index in [0.717, 1.165) is 22.2 Å². The van der Waals surface area contributed by atoms with Crippen molar-refractivity contribution in [2.75, 3.05) is 19.7 Å². The smallest absolute Gasteiger partial charge is 0.293 e. The molecule has 0 radical (unpaired) electrons. The Morgan fingerprint density at radius 3 is 2.51 bits per heavy atom. The molecule has 2 aromatic heterocycles. The van der Waals surface area contributed by atoms with E-state index >= 15 is 0 Å². The van der Waals surface area contributed by atoms with E-state index in [1.165, 1.54) is 10.8 Å². The van der Waals surface area contributed by atoms with Gasteiger partial charge in [-0.05, 0) is 66.7 Å². The molecular formula is C29H24N4O5S. The molecule has 2 amide bonds. The van der Waals surface area contributed by atoms with Crippen molar-refractivity contribution < 1.29 is 19.4 Å². The van der Waals surface area contributed by atoms with Gasteiger partial charge in [-0.15, -0.1) is 0 Å². The molecule has 4 aromatic rings. The van der Waals surface area contributed by atoms with Gasteiger partial charge in [0.2, 0.25) is 5.88 Å². The van der Waals surface area contributed by atoms with Crippen molar-refractivity contribution >= 4 is 46.0 Å². The van der Waals surface area contributed by atoms with Gasteiger partial charge >= 0.3 is 0 Å². The number of carbonyl (C=O) groups excluding carboxylic acids is 2. The Kier molecular flexibility index (Phi) is 7.55. The molecule has 10 heteroatoms. The third kappa shape index (κ3) is 5.32. The highest BCUT2D eigenvalue weighted by Gasteiger charge is 2.34. The zero-order valence-electron chi connectivity index (χ0n) is 21.0. The molecule has 1 N–H and O–H groups in total. The molecule has 5 rings (SSSR count). The average Bonchev–Trinajstić information content (AvgIpc) is 3.21. The van der Waals surface area contributed by atoms with Gasteiger partial charge in [0.25, 0.3) is 16.7 Å². The van der Waals surface area contributed by atoms with Crippen molar-refractivity contribution in [2.24, 2.45) is 4.99 Å². The summed E-state index contributed by atoms with van der Waals surface area (Å²) in [6.07, 6.45) is 6.34. The first-order valence-electron chi connectivity index (χ1n) is 12.2. The second kappa shape index (κ2) is 11.4. The summed E-state index contributed by atoms with van der Waals surface area (Å²) in [5, 5.41) is 11.7. The van der Waals surface area contributed by atoms with E-state index in [4.69, 9.17) is 4.74 Å². The third-order valence-corrected chi connectivity index (χ3v) is 6.95. The number of aromatic nitrogens is 2. The van der Waals surface area contributed by atoms with E-state index in [-0.39, 0.29) is 35.7 Å². The number of ether oxygens (including phenoxy) is 1. The molecule has 1 fully saturated rings. The summed E-state index contributed by atoms with van der Waals surface area (Å²) in [6, 6.07) is 17.4. The van der Waals surface area contributed by atoms with Crippen LogP contribution >= 0.6 is 11.8 Å². The number of thioether (sulfide) groups is 1. The highest BCUT2D eigenvalue weighted by atomic mass is 32.2. The zero-order chi connectivity index (χ0) is 27.4. The van der Waals surface area contributed by atoms with Crippen LogP contribution in [0.3, 0.4) is 0 Å². The molecular weight excluding hydrogens is 516 g/mol. The largest absolute Gasteiger partial charge is 0.494 e. The molecule has 2 aromatic carbocycles. The summed E-state index contributed by atoms with van der Waals surface area (Å²) in [5.74, 6) is -0.00227. The van der Waals surface area contributed by atoms with Crippen LogP contribution < -0.4 is 10.3 Å². The monoisotopic (exact) mass is 540 g/mol. The summed E-state index contributed by atoms with van der Waals surface area (Å²) >= 11 is 0.872. The Balaban J connectivity index is 1.40. The van der Waals surface area contributed by atoms with Gasteiger partial charge < -0.3 is 9.84 Å². The minimum absolute atomic E-state index is 0.0722. The van der Waals surface area contributed by atoms with Crippen LogP contribution in [0.4, 0.5) is 4.79 Å². The Bertz CT molecular complexity index is 1660. The number of hydrogen-bond donors (Lipinski definition) is 1. The number of imide groups is 1. The van der Waals surface area contributed by atoms with Gasteiger partial charge in [-0.1, -0.05) is 24.3 Å². The van der Waals surface area contributed by atoms with E-state index in [0.29, 0.717) is 39.3 Å². The number of fused-ring (bicyclic) bond motifs is 1. The number of carbonyl (C=O) groups is 2. The molecule has 3 heterocycles. The fourth-order valence-corrected chi connectivity index (χ4v) is 5.07. The number of benzene rings is 2. The minimum atomic E-state index is -0.388. The zero-order valence-corrected chi connectivity index (χ0v) is 21.8. The van der Waals surface area contributed by atoms with Crippen molar-refractivity contribution in [3.8, 4) is 17.3 Å². The number of amides is 2. The first kappa shape index (κ1) is 25.9. The Morgan fingerprint density at radius 2 is 1.79 bits per heavy atom. The highest BCUT2D eigenvalue weighted by Crippen LogP contribution is 2.32. The molecule has 0 bridgehead atoms. The van der Waals surface area contributed by atoms with Gasteiger partial charge in [-0.2, -0.15) is 0 Å². The normalized spacial score (nSPS) is 14.7. The van der Waals surface area contributed by atoms with Crippen molar-refractivity contribution in [2.45, 2.75) is 6.92 Å². The number of aromatic hydroxyl groups is 1. The number of pyridine rings is 2. The molecule has 1 aliphatic rings. The average molecular weight is 541 g/mol. The molecule has 39 heavy (non-hydrogen) atoms. The standard InChI is InChI=1S/C29H24N4O5S/c1-2-38-21-11-9-20(10-12-21)33-26(34)23-8-4-3-7-22(23)24(27(33)35)18-31-14-15-32-28(36)25(39-29(32)37)16-19-6-5-13-30-17-19/h3-13,16-18,35H,2,14-15H2,1H3/b25-16-,31-18?. The molecule has 0 atom stereocenters. The van der Waals surface area contributed by atoms with Gasteiger partial charge in [0.05, 0.1) is 29.3 Å². The number of rotatable bonds is 8. The molecule has 0 saturated carbocycles. The summed E-state index contributed by atoms with van der Waals surface area (Å²) in [6.45, 7) is 2.58. The molecule has 9 nitrogen and oxygen atoms in total. The van der Waals surface area contributed by atoms with E-state index in [9.17, 15) is 19.5 Å². The van der Waals surface area contributed by atoms with Gasteiger partial charge in [-0.25, -0.2) is 4.57 Å². The summed E-state index contributed by atoms with van der Waals surface area (Å²) in [4.78, 5) is 48.4. The van der Waals surface area contributed by atoms with Crippen LogP contribution in [-0.2, 0) is 4.79 Å². The maximum absolute atomic E-state index is 13.3. The van der Waals surface area contributed by atoms with Gasteiger partial charge in [-0.3, -0.25) is 29.3 Å². The van der Waals surface area contributed by atoms with Crippen molar-refractivity contribution in [1.82, 2.24) is 14.5 Å². The SMILES string of the molecule is CCOc1ccc(-n2c(O)c(C=NCCN3C(=O)S/C(=C\c4cccnc4)C3=O)c3ccccc3c2=O)cc1. The highest BCUT2D eigenvalue weighted by molar-refractivity contribution is 8.18. The van der Waals surface area contributed by atoms with Crippen LogP contribution in [0, 0.1) is 0 Å². The number of nitrogens with zero attached hydrogens (tertiary/aromatic N) is 4. The first-order chi connectivity index (χ1) is 19.0. The van der Waals surface area contributed by atoms with Crippen LogP contribution in [0.25, 0.3) is 22.5 Å². The van der Waals surface area contributed by atoms with Crippen LogP contribution in [0.15, 0.2) is 87.7 Å². The van der Waals surface area contributed by atoms with E-state index in [1.54, 1.807) is 79.1 Å². The maximum Gasteiger partial charge on any atom is 0.293 e. The fraction of sp³-hybridized carbons (Fsp3) is 0.138. The lowest BCUT2D eigenvalue weighted by Crippen LogP contribution is -2.30. The Labute approximate surface area is 228 Å². The van der Waals surface area contributed by atoms with E-state index in [2.05, 4.69) is 9.98 Å². The van der Waals surface area contributed by atoms with Gasteiger partial charge in [0.15, 0.2) is 0 Å². The quantitative estimate of drug-likeness (QED) is 0.256. The van der Waals surface area contributed by atoms with Crippen LogP contribution in [0.5, 0.6) is 11.6 Å².